The lowest BCUT2D eigenvalue weighted by Crippen LogP contribution is -2.30. The molecule has 0 radical (unpaired) electrons. The number of benzene rings is 1. The van der Waals surface area contributed by atoms with Gasteiger partial charge < -0.3 is 19.7 Å². The van der Waals surface area contributed by atoms with Crippen LogP contribution in [0.25, 0.3) is 6.08 Å². The van der Waals surface area contributed by atoms with Crippen LogP contribution in [0.1, 0.15) is 19.4 Å². The van der Waals surface area contributed by atoms with Crippen molar-refractivity contribution in [3.8, 4) is 11.5 Å². The number of methoxy groups -OCH3 is 1. The molecule has 1 aromatic carbocycles. The van der Waals surface area contributed by atoms with Gasteiger partial charge in [0.25, 0.3) is 0 Å². The van der Waals surface area contributed by atoms with E-state index in [4.69, 9.17) is 19.7 Å². The second kappa shape index (κ2) is 6.78. The molecule has 0 bridgehead atoms. The summed E-state index contributed by atoms with van der Waals surface area (Å²) < 4.78 is 10.7. The van der Waals surface area contributed by atoms with Crippen molar-refractivity contribution >= 4 is 18.0 Å². The van der Waals surface area contributed by atoms with Crippen molar-refractivity contribution in [2.24, 2.45) is 5.41 Å². The maximum Gasteiger partial charge on any atom is 0.328 e. The van der Waals surface area contributed by atoms with Crippen LogP contribution in [0.5, 0.6) is 11.5 Å². The highest BCUT2D eigenvalue weighted by Gasteiger charge is 2.29. The van der Waals surface area contributed by atoms with E-state index in [1.54, 1.807) is 18.2 Å². The van der Waals surface area contributed by atoms with Crippen LogP contribution >= 0.6 is 0 Å². The first-order valence-corrected chi connectivity index (χ1v) is 6.22. The Morgan fingerprint density at radius 3 is 2.48 bits per heavy atom. The highest BCUT2D eigenvalue weighted by Crippen LogP contribution is 2.33. The van der Waals surface area contributed by atoms with E-state index >= 15 is 0 Å². The first-order chi connectivity index (χ1) is 9.77. The van der Waals surface area contributed by atoms with Crippen LogP contribution in [-0.2, 0) is 9.59 Å². The van der Waals surface area contributed by atoms with Crippen LogP contribution in [-0.4, -0.2) is 35.9 Å². The molecule has 0 atom stereocenters. The summed E-state index contributed by atoms with van der Waals surface area (Å²) in [5.74, 6) is -1.36. The maximum absolute atomic E-state index is 11.1. The standard InChI is InChI=1S/C15H18O6/c1-15(2,14(18)19)9-21-13-10(7-8-12(16)17)5-4-6-11(13)20-3/h4-8H,9H2,1-3H3,(H,16,17)(H,18,19). The smallest absolute Gasteiger partial charge is 0.328 e. The zero-order valence-corrected chi connectivity index (χ0v) is 12.1. The van der Waals surface area contributed by atoms with Gasteiger partial charge in [-0.1, -0.05) is 12.1 Å². The quantitative estimate of drug-likeness (QED) is 0.749. The van der Waals surface area contributed by atoms with Gasteiger partial charge in [-0.05, 0) is 26.0 Å². The van der Waals surface area contributed by atoms with Gasteiger partial charge in [0.15, 0.2) is 11.5 Å². The van der Waals surface area contributed by atoms with Crippen molar-refractivity contribution in [1.29, 1.82) is 0 Å². The molecule has 0 saturated heterocycles. The Kier molecular flexibility index (Phi) is 5.35. The molecule has 0 heterocycles. The molecule has 0 fully saturated rings. The number of rotatable bonds is 7. The Morgan fingerprint density at radius 2 is 1.95 bits per heavy atom. The van der Waals surface area contributed by atoms with Crippen molar-refractivity contribution in [3.05, 3.63) is 29.8 Å². The molecule has 114 valence electrons. The number of carboxylic acid groups (broad SMARTS) is 2. The SMILES string of the molecule is COc1cccc(C=CC(=O)O)c1OCC(C)(C)C(=O)O. The summed E-state index contributed by atoms with van der Waals surface area (Å²) in [6, 6.07) is 5.00. The predicted octanol–water partition coefficient (Wildman–Crippen LogP) is 2.28. The van der Waals surface area contributed by atoms with Crippen molar-refractivity contribution in [2.75, 3.05) is 13.7 Å². The summed E-state index contributed by atoms with van der Waals surface area (Å²) in [4.78, 5) is 21.7. The van der Waals surface area contributed by atoms with Gasteiger partial charge >= 0.3 is 11.9 Å². The molecule has 0 amide bonds. The predicted molar refractivity (Wildman–Crippen MR) is 76.6 cm³/mol. The number of ether oxygens (including phenoxy) is 2. The Bertz CT molecular complexity index is 559. The summed E-state index contributed by atoms with van der Waals surface area (Å²) in [7, 11) is 1.45. The molecular weight excluding hydrogens is 276 g/mol. The highest BCUT2D eigenvalue weighted by atomic mass is 16.5. The topological polar surface area (TPSA) is 93.1 Å². The molecule has 0 saturated carbocycles. The Hall–Kier alpha value is -2.50. The molecular formula is C15H18O6. The average Bonchev–Trinajstić information content (AvgIpc) is 2.42. The average molecular weight is 294 g/mol. The molecule has 6 heteroatoms. The van der Waals surface area contributed by atoms with E-state index in [1.807, 2.05) is 0 Å². The Morgan fingerprint density at radius 1 is 1.29 bits per heavy atom. The summed E-state index contributed by atoms with van der Waals surface area (Å²) in [5.41, 5.74) is -0.577. The minimum absolute atomic E-state index is 0.0728. The molecule has 0 aliphatic rings. The van der Waals surface area contributed by atoms with Crippen molar-refractivity contribution in [2.45, 2.75) is 13.8 Å². The number of hydrogen-bond acceptors (Lipinski definition) is 4. The fourth-order valence-electron chi connectivity index (χ4n) is 1.45. The maximum atomic E-state index is 11.1. The lowest BCUT2D eigenvalue weighted by Gasteiger charge is -2.21. The minimum Gasteiger partial charge on any atom is -0.493 e. The molecule has 0 spiro atoms. The normalized spacial score (nSPS) is 11.4. The van der Waals surface area contributed by atoms with E-state index in [9.17, 15) is 9.59 Å². The van der Waals surface area contributed by atoms with Gasteiger partial charge in [0, 0.05) is 11.6 Å². The summed E-state index contributed by atoms with van der Waals surface area (Å²) in [6.45, 7) is 3.01. The largest absolute Gasteiger partial charge is 0.493 e. The van der Waals surface area contributed by atoms with E-state index < -0.39 is 17.4 Å². The van der Waals surface area contributed by atoms with E-state index in [0.29, 0.717) is 17.1 Å². The second-order valence-corrected chi connectivity index (χ2v) is 5.03. The van der Waals surface area contributed by atoms with E-state index in [2.05, 4.69) is 0 Å². The summed E-state index contributed by atoms with van der Waals surface area (Å²) in [5, 5.41) is 17.8. The number of aliphatic carboxylic acids is 2. The van der Waals surface area contributed by atoms with Crippen LogP contribution < -0.4 is 9.47 Å². The molecule has 6 nitrogen and oxygen atoms in total. The molecule has 1 aromatic rings. The second-order valence-electron chi connectivity index (χ2n) is 5.03. The highest BCUT2D eigenvalue weighted by molar-refractivity contribution is 5.86. The van der Waals surface area contributed by atoms with E-state index in [-0.39, 0.29) is 6.61 Å². The fourth-order valence-corrected chi connectivity index (χ4v) is 1.45. The number of carbonyl (C=O) groups is 2. The van der Waals surface area contributed by atoms with Crippen LogP contribution in [0.3, 0.4) is 0 Å². The molecule has 0 aliphatic carbocycles. The van der Waals surface area contributed by atoms with Gasteiger partial charge in [-0.25, -0.2) is 4.79 Å². The van der Waals surface area contributed by atoms with Crippen LogP contribution in [0.15, 0.2) is 24.3 Å². The van der Waals surface area contributed by atoms with Crippen LogP contribution in [0, 0.1) is 5.41 Å². The van der Waals surface area contributed by atoms with Crippen molar-refractivity contribution < 1.29 is 29.3 Å². The van der Waals surface area contributed by atoms with Gasteiger partial charge in [-0.2, -0.15) is 0 Å². The van der Waals surface area contributed by atoms with Gasteiger partial charge in [0.05, 0.1) is 12.5 Å². The summed E-state index contributed by atoms with van der Waals surface area (Å²) >= 11 is 0. The Balaban J connectivity index is 3.08. The molecule has 0 unspecified atom stereocenters. The van der Waals surface area contributed by atoms with Gasteiger partial charge in [0.1, 0.15) is 6.61 Å². The van der Waals surface area contributed by atoms with Gasteiger partial charge in [-0.15, -0.1) is 0 Å². The molecule has 0 aromatic heterocycles. The summed E-state index contributed by atoms with van der Waals surface area (Å²) in [6.07, 6.45) is 2.35. The molecule has 1 rings (SSSR count). The first kappa shape index (κ1) is 16.6. The zero-order valence-electron chi connectivity index (χ0n) is 12.1. The minimum atomic E-state index is -1.09. The third kappa shape index (κ3) is 4.52. The number of carboxylic acids is 2. The van der Waals surface area contributed by atoms with Crippen molar-refractivity contribution in [1.82, 2.24) is 0 Å². The van der Waals surface area contributed by atoms with Gasteiger partial charge in [-0.3, -0.25) is 4.79 Å². The van der Waals surface area contributed by atoms with E-state index in [0.717, 1.165) is 6.08 Å². The lowest BCUT2D eigenvalue weighted by atomic mass is 9.95. The Labute approximate surface area is 122 Å². The third-order valence-electron chi connectivity index (χ3n) is 2.79. The van der Waals surface area contributed by atoms with E-state index in [1.165, 1.54) is 27.0 Å². The monoisotopic (exact) mass is 294 g/mol. The molecule has 0 aliphatic heterocycles. The lowest BCUT2D eigenvalue weighted by molar-refractivity contribution is -0.148. The van der Waals surface area contributed by atoms with Crippen LogP contribution in [0.4, 0.5) is 0 Å². The number of hydrogen-bond donors (Lipinski definition) is 2. The van der Waals surface area contributed by atoms with Gasteiger partial charge in [0.2, 0.25) is 0 Å². The number of para-hydroxylation sites is 1. The zero-order chi connectivity index (χ0) is 16.0. The molecule has 21 heavy (non-hydrogen) atoms. The fraction of sp³-hybridized carbons (Fsp3) is 0.333. The van der Waals surface area contributed by atoms with Crippen molar-refractivity contribution in [3.63, 3.8) is 0 Å². The first-order valence-electron chi connectivity index (χ1n) is 6.22. The third-order valence-corrected chi connectivity index (χ3v) is 2.79. The van der Waals surface area contributed by atoms with Crippen LogP contribution in [0.2, 0.25) is 0 Å². The molecule has 2 N–H and O–H groups in total.